The Morgan fingerprint density at radius 3 is 2.38 bits per heavy atom. The van der Waals surface area contributed by atoms with Crippen molar-refractivity contribution in [2.24, 2.45) is 0 Å². The maximum Gasteiger partial charge on any atom is 0.110 e. The van der Waals surface area contributed by atoms with E-state index in [-0.39, 0.29) is 7.43 Å². The van der Waals surface area contributed by atoms with Gasteiger partial charge in [-0.15, -0.1) is 0 Å². The summed E-state index contributed by atoms with van der Waals surface area (Å²) in [7, 11) is 3.12. The molecule has 13 heavy (non-hydrogen) atoms. The second kappa shape index (κ2) is 9.96. The van der Waals surface area contributed by atoms with Gasteiger partial charge in [0.25, 0.3) is 0 Å². The molecular weight excluding hydrogens is 166 g/mol. The van der Waals surface area contributed by atoms with Gasteiger partial charge in [0.05, 0.1) is 0 Å². The van der Waals surface area contributed by atoms with Crippen molar-refractivity contribution in [2.75, 3.05) is 27.3 Å². The summed E-state index contributed by atoms with van der Waals surface area (Å²) in [6, 6.07) is 0. The van der Waals surface area contributed by atoms with Crippen molar-refractivity contribution in [3.63, 3.8) is 0 Å². The molecule has 0 aromatic rings. The van der Waals surface area contributed by atoms with Crippen LogP contribution in [0.15, 0.2) is 0 Å². The summed E-state index contributed by atoms with van der Waals surface area (Å²) >= 11 is 0. The van der Waals surface area contributed by atoms with Crippen LogP contribution in [0.4, 0.5) is 0 Å². The van der Waals surface area contributed by atoms with Crippen LogP contribution >= 0.6 is 0 Å². The number of hydrogen-bond donors (Lipinski definition) is 1. The summed E-state index contributed by atoms with van der Waals surface area (Å²) in [5.74, 6) is 0. The van der Waals surface area contributed by atoms with Crippen LogP contribution in [0.25, 0.3) is 0 Å². The molecule has 1 aliphatic heterocycles. The molecule has 0 aromatic carbocycles. The number of ether oxygens (including phenoxy) is 1. The van der Waals surface area contributed by atoms with Crippen LogP contribution in [0.2, 0.25) is 0 Å². The van der Waals surface area contributed by atoms with E-state index in [9.17, 15) is 0 Å². The first-order chi connectivity index (χ1) is 5.84. The van der Waals surface area contributed by atoms with Crippen molar-refractivity contribution in [2.45, 2.75) is 39.8 Å². The van der Waals surface area contributed by atoms with Crippen LogP contribution in [0.5, 0.6) is 0 Å². The van der Waals surface area contributed by atoms with Crippen molar-refractivity contribution < 1.29 is 9.84 Å². The second-order valence-corrected chi connectivity index (χ2v) is 2.89. The predicted octanol–water partition coefficient (Wildman–Crippen LogP) is 1.71. The Kier molecular flexibility index (Phi) is 11.8. The summed E-state index contributed by atoms with van der Waals surface area (Å²) in [6.07, 6.45) is 4.19. The monoisotopic (exact) mass is 191 g/mol. The van der Waals surface area contributed by atoms with Crippen molar-refractivity contribution >= 4 is 0 Å². The Morgan fingerprint density at radius 2 is 2.00 bits per heavy atom. The number of aliphatic hydroxyl groups is 1. The highest BCUT2D eigenvalue weighted by Crippen LogP contribution is 2.14. The standard InChI is InChI=1S/C8H17NO.CH4O.CH4/c1-3-9(2)8-6-4-5-7-10-8;1-2;/h8H,3-7H2,1-2H3;2H,1H3;1H4. The Hall–Kier alpha value is -0.120. The maximum atomic E-state index is 7.00. The minimum atomic E-state index is 0. The summed E-state index contributed by atoms with van der Waals surface area (Å²) < 4.78 is 5.56. The average Bonchev–Trinajstić information content (AvgIpc) is 2.21. The van der Waals surface area contributed by atoms with E-state index in [0.29, 0.717) is 6.23 Å². The molecule has 1 rings (SSSR count). The zero-order chi connectivity index (χ0) is 9.40. The molecule has 1 atom stereocenters. The third-order valence-electron chi connectivity index (χ3n) is 2.15. The maximum absolute atomic E-state index is 7.00. The zero-order valence-electron chi connectivity index (χ0n) is 8.42. The number of aliphatic hydroxyl groups excluding tert-OH is 1. The molecule has 3 heteroatoms. The van der Waals surface area contributed by atoms with Crippen molar-refractivity contribution in [1.29, 1.82) is 0 Å². The van der Waals surface area contributed by atoms with Crippen molar-refractivity contribution in [3.05, 3.63) is 0 Å². The lowest BCUT2D eigenvalue weighted by Crippen LogP contribution is -2.36. The largest absolute Gasteiger partial charge is 0.400 e. The summed E-state index contributed by atoms with van der Waals surface area (Å²) in [4.78, 5) is 2.26. The second-order valence-electron chi connectivity index (χ2n) is 2.89. The Balaban J connectivity index is 0. The van der Waals surface area contributed by atoms with Crippen LogP contribution in [-0.4, -0.2) is 43.5 Å². The van der Waals surface area contributed by atoms with Gasteiger partial charge in [-0.1, -0.05) is 14.4 Å². The number of nitrogens with zero attached hydrogens (tertiary/aromatic N) is 1. The van der Waals surface area contributed by atoms with Gasteiger partial charge in [0.15, 0.2) is 0 Å². The van der Waals surface area contributed by atoms with Crippen LogP contribution in [0.3, 0.4) is 0 Å². The quantitative estimate of drug-likeness (QED) is 0.721. The van der Waals surface area contributed by atoms with E-state index in [1.54, 1.807) is 0 Å². The zero-order valence-corrected chi connectivity index (χ0v) is 8.42. The molecule has 0 spiro atoms. The van der Waals surface area contributed by atoms with E-state index in [2.05, 4.69) is 18.9 Å². The lowest BCUT2D eigenvalue weighted by atomic mass is 10.2. The van der Waals surface area contributed by atoms with E-state index in [0.717, 1.165) is 20.3 Å². The predicted molar refractivity (Wildman–Crippen MR) is 56.8 cm³/mol. The van der Waals surface area contributed by atoms with Gasteiger partial charge in [-0.25, -0.2) is 0 Å². The normalized spacial score (nSPS) is 21.5. The molecule has 0 bridgehead atoms. The van der Waals surface area contributed by atoms with Crippen molar-refractivity contribution in [3.8, 4) is 0 Å². The number of hydrogen-bond acceptors (Lipinski definition) is 3. The topological polar surface area (TPSA) is 32.7 Å². The summed E-state index contributed by atoms with van der Waals surface area (Å²) in [6.45, 7) is 4.21. The van der Waals surface area contributed by atoms with Crippen LogP contribution in [-0.2, 0) is 4.74 Å². The third kappa shape index (κ3) is 6.02. The minimum absolute atomic E-state index is 0. The van der Waals surface area contributed by atoms with Crippen LogP contribution in [0, 0.1) is 0 Å². The molecule has 1 N–H and O–H groups in total. The lowest BCUT2D eigenvalue weighted by Gasteiger charge is -2.30. The summed E-state index contributed by atoms with van der Waals surface area (Å²) in [5, 5.41) is 7.00. The van der Waals surface area contributed by atoms with E-state index < -0.39 is 0 Å². The highest BCUT2D eigenvalue weighted by Gasteiger charge is 2.16. The minimum Gasteiger partial charge on any atom is -0.400 e. The van der Waals surface area contributed by atoms with Gasteiger partial charge >= 0.3 is 0 Å². The number of rotatable bonds is 2. The average molecular weight is 191 g/mol. The fourth-order valence-electron chi connectivity index (χ4n) is 1.27. The molecule has 1 unspecified atom stereocenters. The molecule has 1 aliphatic rings. The van der Waals surface area contributed by atoms with Gasteiger partial charge in [0, 0.05) is 13.7 Å². The van der Waals surface area contributed by atoms with E-state index in [1.807, 2.05) is 0 Å². The van der Waals surface area contributed by atoms with Gasteiger partial charge < -0.3 is 9.84 Å². The smallest absolute Gasteiger partial charge is 0.110 e. The molecular formula is C10H25NO2. The third-order valence-corrected chi connectivity index (χ3v) is 2.15. The molecule has 82 valence electrons. The van der Waals surface area contributed by atoms with Gasteiger partial charge in [-0.3, -0.25) is 4.90 Å². The Morgan fingerprint density at radius 1 is 1.38 bits per heavy atom. The highest BCUT2D eigenvalue weighted by molar-refractivity contribution is 4.61. The van der Waals surface area contributed by atoms with Gasteiger partial charge in [0.2, 0.25) is 0 Å². The molecule has 0 aliphatic carbocycles. The fraction of sp³-hybridized carbons (Fsp3) is 1.00. The Labute approximate surface area is 82.7 Å². The lowest BCUT2D eigenvalue weighted by molar-refractivity contribution is -0.0729. The van der Waals surface area contributed by atoms with Gasteiger partial charge in [-0.2, -0.15) is 0 Å². The Bertz CT molecular complexity index is 92.9. The first-order valence-corrected chi connectivity index (χ1v) is 4.61. The first kappa shape index (κ1) is 15.4. The fourth-order valence-corrected chi connectivity index (χ4v) is 1.27. The van der Waals surface area contributed by atoms with E-state index in [1.165, 1.54) is 19.3 Å². The van der Waals surface area contributed by atoms with Crippen molar-refractivity contribution in [1.82, 2.24) is 4.90 Å². The summed E-state index contributed by atoms with van der Waals surface area (Å²) in [5.41, 5.74) is 0. The molecule has 0 amide bonds. The molecule has 1 saturated heterocycles. The molecule has 1 heterocycles. The van der Waals surface area contributed by atoms with E-state index in [4.69, 9.17) is 9.84 Å². The van der Waals surface area contributed by atoms with Crippen LogP contribution < -0.4 is 0 Å². The SMILES string of the molecule is C.CCN(C)C1CCCCO1.CO. The molecule has 1 fully saturated rings. The first-order valence-electron chi connectivity index (χ1n) is 4.61. The molecule has 0 radical (unpaired) electrons. The van der Waals surface area contributed by atoms with Gasteiger partial charge in [-0.05, 0) is 32.9 Å². The molecule has 0 aromatic heterocycles. The van der Waals surface area contributed by atoms with Gasteiger partial charge in [0.1, 0.15) is 6.23 Å². The molecule has 3 nitrogen and oxygen atoms in total. The van der Waals surface area contributed by atoms with Crippen LogP contribution in [0.1, 0.15) is 33.6 Å². The highest BCUT2D eigenvalue weighted by atomic mass is 16.5. The van der Waals surface area contributed by atoms with E-state index >= 15 is 0 Å². The molecule has 0 saturated carbocycles.